The normalized spacial score (nSPS) is 13.1. The predicted octanol–water partition coefficient (Wildman–Crippen LogP) is 1.37. The first-order chi connectivity index (χ1) is 6.21. The fourth-order valence-electron chi connectivity index (χ4n) is 1.13. The zero-order valence-electron chi connectivity index (χ0n) is 7.66. The van der Waals surface area contributed by atoms with Gasteiger partial charge in [-0.25, -0.2) is 9.97 Å². The lowest BCUT2D eigenvalue weighted by atomic mass is 11.0. The van der Waals surface area contributed by atoms with E-state index in [1.165, 1.54) is 0 Å². The van der Waals surface area contributed by atoms with E-state index >= 15 is 0 Å². The summed E-state index contributed by atoms with van der Waals surface area (Å²) in [6.45, 7) is 0. The molecule has 2 heterocycles. The number of nitrogens with zero attached hydrogens (tertiary/aromatic N) is 4. The summed E-state index contributed by atoms with van der Waals surface area (Å²) in [6, 6.07) is 0. The molecule has 2 aromatic rings. The largest absolute Gasteiger partial charge is 0.283 e. The van der Waals surface area contributed by atoms with Crippen LogP contribution in [0.3, 0.4) is 0 Å². The first-order valence-electron chi connectivity index (χ1n) is 3.91. The van der Waals surface area contributed by atoms with Gasteiger partial charge in [0.05, 0.1) is 0 Å². The van der Waals surface area contributed by atoms with Gasteiger partial charge in [0.25, 0.3) is 0 Å². The molecule has 13 heavy (non-hydrogen) atoms. The monoisotopic (exact) mass is 196 g/mol. The van der Waals surface area contributed by atoms with E-state index in [1.54, 1.807) is 12.4 Å². The van der Waals surface area contributed by atoms with Crippen LogP contribution in [0.1, 0.15) is 0 Å². The van der Waals surface area contributed by atoms with Crippen molar-refractivity contribution in [3.05, 3.63) is 37.4 Å². The molecule has 0 aliphatic carbocycles. The average molecular weight is 196 g/mol. The molecule has 0 saturated carbocycles. The molecule has 0 amide bonds. The van der Waals surface area contributed by atoms with Crippen LogP contribution >= 0.6 is 10.4 Å². The molecule has 0 aliphatic heterocycles. The van der Waals surface area contributed by atoms with Crippen molar-refractivity contribution in [2.45, 2.75) is 0 Å². The van der Waals surface area contributed by atoms with Crippen LogP contribution < -0.4 is 0 Å². The SMILES string of the molecule is CS(C)(n1ccnc1)n1ccnc1. The van der Waals surface area contributed by atoms with E-state index in [4.69, 9.17) is 0 Å². The average Bonchev–Trinajstić information content (AvgIpc) is 2.78. The Morgan fingerprint density at radius 2 is 1.38 bits per heavy atom. The fraction of sp³-hybridized carbons (Fsp3) is 0.250. The highest BCUT2D eigenvalue weighted by Gasteiger charge is 2.13. The summed E-state index contributed by atoms with van der Waals surface area (Å²) in [6.07, 6.45) is 15.6. The molecule has 2 rings (SSSR count). The molecule has 70 valence electrons. The number of imidazole rings is 2. The molecule has 0 fully saturated rings. The molecule has 4 nitrogen and oxygen atoms in total. The van der Waals surface area contributed by atoms with E-state index in [2.05, 4.69) is 30.4 Å². The van der Waals surface area contributed by atoms with E-state index < -0.39 is 10.4 Å². The molecule has 0 aliphatic rings. The summed E-state index contributed by atoms with van der Waals surface area (Å²) in [4.78, 5) is 8.10. The van der Waals surface area contributed by atoms with Crippen LogP contribution in [0.4, 0.5) is 0 Å². The van der Waals surface area contributed by atoms with Crippen molar-refractivity contribution in [1.29, 1.82) is 0 Å². The number of aromatic nitrogens is 4. The molecule has 0 aromatic carbocycles. The van der Waals surface area contributed by atoms with Crippen LogP contribution in [0.5, 0.6) is 0 Å². The highest BCUT2D eigenvalue weighted by atomic mass is 32.3. The molecule has 0 saturated heterocycles. The highest BCUT2D eigenvalue weighted by Crippen LogP contribution is 2.41. The molecule has 0 radical (unpaired) electrons. The smallest absolute Gasteiger partial charge is 0.105 e. The van der Waals surface area contributed by atoms with E-state index in [-0.39, 0.29) is 0 Å². The molecular formula is C8H12N4S. The highest BCUT2D eigenvalue weighted by molar-refractivity contribution is 8.30. The maximum absolute atomic E-state index is 4.05. The Bertz CT molecular complexity index is 327. The lowest BCUT2D eigenvalue weighted by molar-refractivity contribution is 1.11. The molecule has 0 spiro atoms. The van der Waals surface area contributed by atoms with Gasteiger partial charge < -0.3 is 0 Å². The van der Waals surface area contributed by atoms with Crippen LogP contribution in [0, 0.1) is 0 Å². The Kier molecular flexibility index (Phi) is 1.88. The number of hydrogen-bond acceptors (Lipinski definition) is 2. The summed E-state index contributed by atoms with van der Waals surface area (Å²) < 4.78 is 4.24. The van der Waals surface area contributed by atoms with Gasteiger partial charge in [-0.3, -0.25) is 7.94 Å². The zero-order valence-corrected chi connectivity index (χ0v) is 8.48. The van der Waals surface area contributed by atoms with Crippen LogP contribution in [0.15, 0.2) is 37.4 Å². The van der Waals surface area contributed by atoms with Crippen molar-refractivity contribution < 1.29 is 0 Å². The lowest BCUT2D eigenvalue weighted by Gasteiger charge is -2.33. The number of rotatable bonds is 2. The van der Waals surface area contributed by atoms with Gasteiger partial charge in [0, 0.05) is 24.8 Å². The third-order valence-electron chi connectivity index (χ3n) is 1.99. The van der Waals surface area contributed by atoms with Crippen molar-refractivity contribution in [3.63, 3.8) is 0 Å². The molecule has 0 N–H and O–H groups in total. The maximum atomic E-state index is 4.05. The van der Waals surface area contributed by atoms with Crippen molar-refractivity contribution >= 4 is 10.4 Å². The molecule has 0 atom stereocenters. The Morgan fingerprint density at radius 3 is 1.69 bits per heavy atom. The van der Waals surface area contributed by atoms with Crippen molar-refractivity contribution in [1.82, 2.24) is 17.9 Å². The summed E-state index contributed by atoms with van der Waals surface area (Å²) in [7, 11) is -1.04. The third kappa shape index (κ3) is 1.35. The second-order valence-corrected chi connectivity index (χ2v) is 6.35. The maximum Gasteiger partial charge on any atom is 0.105 e. The van der Waals surface area contributed by atoms with Crippen molar-refractivity contribution in [2.24, 2.45) is 0 Å². The quantitative estimate of drug-likeness (QED) is 0.727. The van der Waals surface area contributed by atoms with Gasteiger partial charge in [0.1, 0.15) is 12.7 Å². The van der Waals surface area contributed by atoms with Gasteiger partial charge in [-0.2, -0.15) is 0 Å². The van der Waals surface area contributed by atoms with Gasteiger partial charge in [0.2, 0.25) is 0 Å². The first-order valence-corrected chi connectivity index (χ1v) is 6.28. The Hall–Kier alpha value is -1.23. The van der Waals surface area contributed by atoms with Crippen molar-refractivity contribution in [3.8, 4) is 0 Å². The van der Waals surface area contributed by atoms with Crippen LogP contribution in [0.25, 0.3) is 0 Å². The second-order valence-electron chi connectivity index (χ2n) is 3.07. The topological polar surface area (TPSA) is 35.6 Å². The minimum absolute atomic E-state index is 1.04. The summed E-state index contributed by atoms with van der Waals surface area (Å²) >= 11 is 0. The Labute approximate surface area is 78.8 Å². The van der Waals surface area contributed by atoms with Gasteiger partial charge in [-0.1, -0.05) is 10.4 Å². The van der Waals surface area contributed by atoms with E-state index in [0.717, 1.165) is 0 Å². The van der Waals surface area contributed by atoms with Gasteiger partial charge in [-0.15, -0.1) is 0 Å². The van der Waals surface area contributed by atoms with Crippen LogP contribution in [-0.2, 0) is 0 Å². The standard InChI is InChI=1S/C8H12N4S/c1-13(2,11-5-3-9-7-11)12-6-4-10-8-12/h3-8H,1-2H3. The molecule has 0 bridgehead atoms. The Balaban J connectivity index is 2.42. The van der Waals surface area contributed by atoms with Gasteiger partial charge in [-0.05, 0) is 12.5 Å². The van der Waals surface area contributed by atoms with Crippen molar-refractivity contribution in [2.75, 3.05) is 12.5 Å². The van der Waals surface area contributed by atoms with Crippen LogP contribution in [-0.4, -0.2) is 30.4 Å². The summed E-state index contributed by atoms with van der Waals surface area (Å²) in [5.41, 5.74) is 0. The first kappa shape index (κ1) is 8.37. The fourth-order valence-corrected chi connectivity index (χ4v) is 2.62. The lowest BCUT2D eigenvalue weighted by Crippen LogP contribution is -2.13. The third-order valence-corrected chi connectivity index (χ3v) is 4.49. The molecule has 5 heteroatoms. The van der Waals surface area contributed by atoms with E-state index in [0.29, 0.717) is 0 Å². The zero-order chi connectivity index (χ0) is 9.31. The molecule has 0 unspecified atom stereocenters. The number of hydrogen-bond donors (Lipinski definition) is 0. The summed E-state index contributed by atoms with van der Waals surface area (Å²) in [5, 5.41) is 0. The molecular weight excluding hydrogens is 184 g/mol. The minimum atomic E-state index is -1.04. The summed E-state index contributed by atoms with van der Waals surface area (Å²) in [5.74, 6) is 0. The van der Waals surface area contributed by atoms with Crippen LogP contribution in [0.2, 0.25) is 0 Å². The minimum Gasteiger partial charge on any atom is -0.283 e. The van der Waals surface area contributed by atoms with Gasteiger partial charge in [0.15, 0.2) is 0 Å². The van der Waals surface area contributed by atoms with Gasteiger partial charge >= 0.3 is 0 Å². The van der Waals surface area contributed by atoms with E-state index in [1.807, 2.05) is 25.0 Å². The predicted molar refractivity (Wildman–Crippen MR) is 54.7 cm³/mol. The molecule has 2 aromatic heterocycles. The van der Waals surface area contributed by atoms with E-state index in [9.17, 15) is 0 Å². The second kappa shape index (κ2) is 2.92. The Morgan fingerprint density at radius 1 is 0.923 bits per heavy atom.